The van der Waals surface area contributed by atoms with Crippen LogP contribution >= 0.6 is 0 Å². The van der Waals surface area contributed by atoms with Crippen molar-refractivity contribution in [1.29, 1.82) is 0 Å². The van der Waals surface area contributed by atoms with Crippen LogP contribution in [0.25, 0.3) is 0 Å². The largest absolute Gasteiger partial charge is 0.380 e. The summed E-state index contributed by atoms with van der Waals surface area (Å²) in [5, 5.41) is 3.23. The molecule has 3 nitrogen and oxygen atoms in total. The van der Waals surface area contributed by atoms with Crippen LogP contribution in [-0.2, 0) is 9.47 Å². The smallest absolute Gasteiger partial charge is 0.112 e. The zero-order valence-electron chi connectivity index (χ0n) is 6.59. The van der Waals surface area contributed by atoms with Crippen LogP contribution in [0.4, 0.5) is 0 Å². The first-order valence-corrected chi connectivity index (χ1v) is 3.68. The van der Waals surface area contributed by atoms with Crippen molar-refractivity contribution >= 4 is 0 Å². The lowest BCUT2D eigenvalue weighted by atomic mass is 10.2. The average Bonchev–Trinajstić information content (AvgIpc) is 2.13. The average molecular weight is 145 g/mol. The van der Waals surface area contributed by atoms with Crippen molar-refractivity contribution in [2.75, 3.05) is 26.9 Å². The zero-order chi connectivity index (χ0) is 7.40. The molecule has 0 aromatic rings. The van der Waals surface area contributed by atoms with Crippen molar-refractivity contribution in [2.45, 2.75) is 13.2 Å². The van der Waals surface area contributed by atoms with E-state index < -0.39 is 0 Å². The second kappa shape index (κ2) is 3.91. The van der Waals surface area contributed by atoms with Crippen LogP contribution in [0.3, 0.4) is 0 Å². The van der Waals surface area contributed by atoms with Crippen molar-refractivity contribution in [3.05, 3.63) is 0 Å². The molecule has 1 heterocycles. The normalized spacial score (nSPS) is 35.4. The first-order chi connectivity index (χ1) is 4.84. The maximum atomic E-state index is 5.30. The van der Waals surface area contributed by atoms with E-state index in [2.05, 4.69) is 12.2 Å². The van der Waals surface area contributed by atoms with E-state index in [9.17, 15) is 0 Å². The van der Waals surface area contributed by atoms with Gasteiger partial charge in [-0.1, -0.05) is 6.92 Å². The molecular weight excluding hydrogens is 130 g/mol. The summed E-state index contributed by atoms with van der Waals surface area (Å²) >= 11 is 0. The molecule has 1 rings (SSSR count). The van der Waals surface area contributed by atoms with Crippen LogP contribution in [0.2, 0.25) is 0 Å². The maximum absolute atomic E-state index is 5.30. The summed E-state index contributed by atoms with van der Waals surface area (Å²) in [4.78, 5) is 0. The molecule has 0 saturated carbocycles. The molecule has 0 amide bonds. The topological polar surface area (TPSA) is 30.5 Å². The van der Waals surface area contributed by atoms with Crippen LogP contribution in [0.15, 0.2) is 0 Å². The minimum Gasteiger partial charge on any atom is -0.380 e. The number of rotatable bonds is 1. The maximum Gasteiger partial charge on any atom is 0.112 e. The quantitative estimate of drug-likeness (QED) is 0.572. The van der Waals surface area contributed by atoms with E-state index in [0.29, 0.717) is 5.92 Å². The van der Waals surface area contributed by atoms with Crippen LogP contribution in [0.1, 0.15) is 6.92 Å². The van der Waals surface area contributed by atoms with Gasteiger partial charge in [-0.25, -0.2) is 0 Å². The number of methoxy groups -OCH3 is 1. The van der Waals surface area contributed by atoms with E-state index in [-0.39, 0.29) is 6.23 Å². The lowest BCUT2D eigenvalue weighted by Gasteiger charge is -2.19. The third-order valence-corrected chi connectivity index (χ3v) is 1.74. The molecule has 0 bridgehead atoms. The van der Waals surface area contributed by atoms with Crippen molar-refractivity contribution < 1.29 is 9.47 Å². The molecule has 1 aliphatic heterocycles. The van der Waals surface area contributed by atoms with E-state index in [0.717, 1.165) is 19.8 Å². The molecule has 1 fully saturated rings. The third-order valence-electron chi connectivity index (χ3n) is 1.74. The van der Waals surface area contributed by atoms with Crippen LogP contribution in [0.5, 0.6) is 0 Å². The van der Waals surface area contributed by atoms with Gasteiger partial charge >= 0.3 is 0 Å². The number of hydrogen-bond donors (Lipinski definition) is 1. The lowest BCUT2D eigenvalue weighted by molar-refractivity contribution is 0.0203. The number of ether oxygens (including phenoxy) is 2. The fourth-order valence-corrected chi connectivity index (χ4v) is 1.15. The summed E-state index contributed by atoms with van der Waals surface area (Å²) in [6.45, 7) is 4.60. The van der Waals surface area contributed by atoms with Gasteiger partial charge in [-0.2, -0.15) is 0 Å². The van der Waals surface area contributed by atoms with Gasteiger partial charge in [0.05, 0.1) is 13.2 Å². The highest BCUT2D eigenvalue weighted by molar-refractivity contribution is 4.66. The molecule has 0 aliphatic carbocycles. The number of nitrogens with one attached hydrogen (secondary N) is 1. The standard InChI is InChI=1S/C7H15NO2/c1-6-5-10-4-3-8-7(6)9-2/h6-8H,3-5H2,1-2H3. The van der Waals surface area contributed by atoms with Gasteiger partial charge in [-0.3, -0.25) is 5.32 Å². The van der Waals surface area contributed by atoms with Gasteiger partial charge in [0.15, 0.2) is 0 Å². The molecule has 1 N–H and O–H groups in total. The number of hydrogen-bond acceptors (Lipinski definition) is 3. The van der Waals surface area contributed by atoms with Crippen LogP contribution < -0.4 is 5.32 Å². The Morgan fingerprint density at radius 2 is 2.40 bits per heavy atom. The summed E-state index contributed by atoms with van der Waals surface area (Å²) < 4.78 is 10.5. The minimum absolute atomic E-state index is 0.169. The van der Waals surface area contributed by atoms with Gasteiger partial charge in [-0.05, 0) is 0 Å². The first kappa shape index (κ1) is 7.98. The second-order valence-corrected chi connectivity index (χ2v) is 2.66. The minimum atomic E-state index is 0.169. The fourth-order valence-electron chi connectivity index (χ4n) is 1.15. The Kier molecular flexibility index (Phi) is 3.12. The molecule has 0 aromatic carbocycles. The highest BCUT2D eigenvalue weighted by Crippen LogP contribution is 2.06. The van der Waals surface area contributed by atoms with Gasteiger partial charge in [0.25, 0.3) is 0 Å². The van der Waals surface area contributed by atoms with Crippen LogP contribution in [0, 0.1) is 5.92 Å². The molecule has 3 heteroatoms. The van der Waals surface area contributed by atoms with Gasteiger partial charge in [0, 0.05) is 19.6 Å². The van der Waals surface area contributed by atoms with Crippen molar-refractivity contribution in [3.63, 3.8) is 0 Å². The van der Waals surface area contributed by atoms with Crippen molar-refractivity contribution in [2.24, 2.45) is 5.92 Å². The van der Waals surface area contributed by atoms with E-state index in [4.69, 9.17) is 9.47 Å². The van der Waals surface area contributed by atoms with E-state index in [1.807, 2.05) is 0 Å². The second-order valence-electron chi connectivity index (χ2n) is 2.66. The summed E-state index contributed by atoms with van der Waals surface area (Å²) in [6.07, 6.45) is 0.169. The fraction of sp³-hybridized carbons (Fsp3) is 1.00. The Hall–Kier alpha value is -0.120. The highest BCUT2D eigenvalue weighted by Gasteiger charge is 2.18. The van der Waals surface area contributed by atoms with Gasteiger partial charge in [0.2, 0.25) is 0 Å². The van der Waals surface area contributed by atoms with E-state index in [1.54, 1.807) is 7.11 Å². The SMILES string of the molecule is COC1NCCOCC1C. The Morgan fingerprint density at radius 1 is 1.60 bits per heavy atom. The summed E-state index contributed by atoms with van der Waals surface area (Å²) in [5.41, 5.74) is 0. The summed E-state index contributed by atoms with van der Waals surface area (Å²) in [7, 11) is 1.72. The Labute approximate surface area is 61.7 Å². The van der Waals surface area contributed by atoms with Gasteiger partial charge < -0.3 is 9.47 Å². The van der Waals surface area contributed by atoms with Gasteiger partial charge in [0.1, 0.15) is 6.23 Å². The molecule has 0 aromatic heterocycles. The third kappa shape index (κ3) is 1.94. The molecular formula is C7H15NO2. The lowest BCUT2D eigenvalue weighted by Crippen LogP contribution is -2.36. The Bertz CT molecular complexity index is 97.6. The molecule has 1 aliphatic rings. The monoisotopic (exact) mass is 145 g/mol. The molecule has 0 spiro atoms. The highest BCUT2D eigenvalue weighted by atomic mass is 16.5. The zero-order valence-corrected chi connectivity index (χ0v) is 6.59. The van der Waals surface area contributed by atoms with Crippen molar-refractivity contribution in [1.82, 2.24) is 5.32 Å². The molecule has 60 valence electrons. The molecule has 0 radical (unpaired) electrons. The molecule has 2 atom stereocenters. The summed E-state index contributed by atoms with van der Waals surface area (Å²) in [6, 6.07) is 0. The predicted octanol–water partition coefficient (Wildman–Crippen LogP) is 0.215. The molecule has 2 unspecified atom stereocenters. The molecule has 1 saturated heterocycles. The van der Waals surface area contributed by atoms with Gasteiger partial charge in [-0.15, -0.1) is 0 Å². The van der Waals surface area contributed by atoms with E-state index >= 15 is 0 Å². The van der Waals surface area contributed by atoms with Crippen LogP contribution in [-0.4, -0.2) is 33.1 Å². The first-order valence-electron chi connectivity index (χ1n) is 3.68. The Balaban J connectivity index is 2.35. The summed E-state index contributed by atoms with van der Waals surface area (Å²) in [5.74, 6) is 0.451. The molecule has 10 heavy (non-hydrogen) atoms. The predicted molar refractivity (Wildman–Crippen MR) is 38.8 cm³/mol. The van der Waals surface area contributed by atoms with E-state index in [1.165, 1.54) is 0 Å². The van der Waals surface area contributed by atoms with Crippen molar-refractivity contribution in [3.8, 4) is 0 Å². The Morgan fingerprint density at radius 3 is 3.10 bits per heavy atom.